The first-order valence-electron chi connectivity index (χ1n) is 11.7. The normalized spacial score (nSPS) is 17.6. The number of carbonyl (C=O) groups is 2. The van der Waals surface area contributed by atoms with Crippen LogP contribution in [0.4, 0.5) is 5.69 Å². The van der Waals surface area contributed by atoms with Crippen molar-refractivity contribution in [2.45, 2.75) is 13.0 Å². The number of ketones is 1. The zero-order valence-corrected chi connectivity index (χ0v) is 21.6. The van der Waals surface area contributed by atoms with Crippen LogP contribution in [0.1, 0.15) is 24.1 Å². The van der Waals surface area contributed by atoms with Crippen molar-refractivity contribution in [1.29, 1.82) is 0 Å². The summed E-state index contributed by atoms with van der Waals surface area (Å²) in [4.78, 5) is 28.3. The van der Waals surface area contributed by atoms with E-state index in [1.807, 2.05) is 6.92 Å². The number of amides is 1. The van der Waals surface area contributed by atoms with Gasteiger partial charge in [-0.05, 0) is 55.0 Å². The summed E-state index contributed by atoms with van der Waals surface area (Å²) in [6.45, 7) is 2.26. The number of hydrogen-bond acceptors (Lipinski definition) is 8. The van der Waals surface area contributed by atoms with Gasteiger partial charge in [-0.25, -0.2) is 0 Å². The van der Waals surface area contributed by atoms with Gasteiger partial charge in [-0.2, -0.15) is 0 Å². The van der Waals surface area contributed by atoms with Gasteiger partial charge < -0.3 is 28.8 Å². The van der Waals surface area contributed by atoms with Gasteiger partial charge in [-0.15, -0.1) is 0 Å². The molecule has 5 rings (SSSR count). The Morgan fingerprint density at radius 3 is 2.50 bits per heavy atom. The van der Waals surface area contributed by atoms with Gasteiger partial charge in [0.15, 0.2) is 23.0 Å². The van der Waals surface area contributed by atoms with E-state index in [4.69, 9.17) is 35.3 Å². The van der Waals surface area contributed by atoms with Crippen LogP contribution in [-0.4, -0.2) is 44.4 Å². The first kappa shape index (κ1) is 25.3. The molecule has 2 aliphatic heterocycles. The summed E-state index contributed by atoms with van der Waals surface area (Å²) >= 11 is 6.43. The number of fused-ring (bicyclic) bond motifs is 1. The molecule has 0 aromatic heterocycles. The van der Waals surface area contributed by atoms with E-state index in [1.165, 1.54) is 25.2 Å². The minimum atomic E-state index is -1.03. The largest absolute Gasteiger partial charge is 0.507 e. The minimum Gasteiger partial charge on any atom is -0.507 e. The van der Waals surface area contributed by atoms with Crippen LogP contribution in [0.25, 0.3) is 5.76 Å². The zero-order chi connectivity index (χ0) is 27.0. The molecular formula is C28H24ClNO8. The van der Waals surface area contributed by atoms with Gasteiger partial charge >= 0.3 is 0 Å². The summed E-state index contributed by atoms with van der Waals surface area (Å²) in [5.41, 5.74) is 0.893. The molecule has 10 heteroatoms. The van der Waals surface area contributed by atoms with E-state index in [9.17, 15) is 14.7 Å². The van der Waals surface area contributed by atoms with E-state index in [1.54, 1.807) is 48.5 Å². The summed E-state index contributed by atoms with van der Waals surface area (Å²) < 4.78 is 27.3. The zero-order valence-electron chi connectivity index (χ0n) is 20.8. The van der Waals surface area contributed by atoms with Crippen molar-refractivity contribution < 1.29 is 38.4 Å². The smallest absolute Gasteiger partial charge is 0.300 e. The molecule has 196 valence electrons. The summed E-state index contributed by atoms with van der Waals surface area (Å²) in [6, 6.07) is 13.6. The Balaban J connectivity index is 1.73. The van der Waals surface area contributed by atoms with Gasteiger partial charge in [-0.1, -0.05) is 17.7 Å². The Hall–Kier alpha value is -4.37. The maximum atomic E-state index is 13.5. The molecule has 0 aliphatic carbocycles. The number of aliphatic hydroxyl groups excluding tert-OH is 1. The number of rotatable bonds is 7. The van der Waals surface area contributed by atoms with Gasteiger partial charge in [0.2, 0.25) is 6.79 Å². The highest BCUT2D eigenvalue weighted by molar-refractivity contribution is 6.52. The van der Waals surface area contributed by atoms with Crippen LogP contribution >= 0.6 is 11.6 Å². The van der Waals surface area contributed by atoms with Gasteiger partial charge in [-0.3, -0.25) is 14.5 Å². The Bertz CT molecular complexity index is 1470. The van der Waals surface area contributed by atoms with E-state index >= 15 is 0 Å². The second-order valence-corrected chi connectivity index (χ2v) is 8.80. The first-order chi connectivity index (χ1) is 18.4. The number of carbonyl (C=O) groups excluding carboxylic acids is 2. The maximum Gasteiger partial charge on any atom is 0.300 e. The number of methoxy groups -OCH3 is 2. The van der Waals surface area contributed by atoms with Crippen LogP contribution < -0.4 is 28.6 Å². The number of benzene rings is 3. The van der Waals surface area contributed by atoms with Gasteiger partial charge in [0.1, 0.15) is 11.5 Å². The summed E-state index contributed by atoms with van der Waals surface area (Å²) in [5.74, 6) is 0.112. The van der Waals surface area contributed by atoms with E-state index in [0.29, 0.717) is 46.6 Å². The predicted octanol–water partition coefficient (Wildman–Crippen LogP) is 5.11. The van der Waals surface area contributed by atoms with Crippen LogP contribution in [0.3, 0.4) is 0 Å². The molecule has 38 heavy (non-hydrogen) atoms. The average molecular weight is 538 g/mol. The Kier molecular flexibility index (Phi) is 6.77. The summed E-state index contributed by atoms with van der Waals surface area (Å²) in [6.07, 6.45) is 0. The molecule has 1 fully saturated rings. The SMILES string of the molecule is CCOc1ccc(Cl)c(/C(O)=C2\C(=O)C(=O)N(c3ccc4c(c3)OCO4)C2c2ccc(OC)c(OC)c2)c1. The third-order valence-corrected chi connectivity index (χ3v) is 6.64. The highest BCUT2D eigenvalue weighted by Gasteiger charge is 2.47. The molecule has 2 aliphatic rings. The fraction of sp³-hybridized carbons (Fsp3) is 0.214. The molecule has 9 nitrogen and oxygen atoms in total. The maximum absolute atomic E-state index is 13.5. The Morgan fingerprint density at radius 1 is 1.00 bits per heavy atom. The van der Waals surface area contributed by atoms with Crippen LogP contribution in [0.15, 0.2) is 60.2 Å². The predicted molar refractivity (Wildman–Crippen MR) is 140 cm³/mol. The lowest BCUT2D eigenvalue weighted by Gasteiger charge is -2.26. The molecular weight excluding hydrogens is 514 g/mol. The third kappa shape index (κ3) is 4.24. The molecule has 0 spiro atoms. The second-order valence-electron chi connectivity index (χ2n) is 8.40. The summed E-state index contributed by atoms with van der Waals surface area (Å²) in [7, 11) is 2.99. The molecule has 2 heterocycles. The standard InChI is InChI=1S/C28H24ClNO8/c1-4-36-17-7-8-19(29)18(13-17)26(31)24-25(15-5-9-20(34-2)22(11-15)35-3)30(28(33)27(24)32)16-6-10-21-23(12-16)38-14-37-21/h5-13,25,31H,4,14H2,1-3H3/b26-24+. The van der Waals surface area contributed by atoms with Crippen molar-refractivity contribution >= 4 is 34.7 Å². The topological polar surface area (TPSA) is 104 Å². The van der Waals surface area contributed by atoms with Crippen LogP contribution in [-0.2, 0) is 9.59 Å². The molecule has 0 bridgehead atoms. The molecule has 3 aromatic carbocycles. The highest BCUT2D eigenvalue weighted by atomic mass is 35.5. The lowest BCUT2D eigenvalue weighted by atomic mass is 9.94. The van der Waals surface area contributed by atoms with Crippen molar-refractivity contribution in [2.75, 3.05) is 32.5 Å². The van der Waals surface area contributed by atoms with E-state index < -0.39 is 23.5 Å². The quantitative estimate of drug-likeness (QED) is 0.252. The molecule has 0 radical (unpaired) electrons. The Morgan fingerprint density at radius 2 is 1.76 bits per heavy atom. The number of nitrogens with zero attached hydrogens (tertiary/aromatic N) is 1. The number of Topliss-reactive ketones (excluding diaryl/α,β-unsaturated/α-hetero) is 1. The molecule has 1 unspecified atom stereocenters. The van der Waals surface area contributed by atoms with Crippen molar-refractivity contribution in [3.63, 3.8) is 0 Å². The molecule has 1 N–H and O–H groups in total. The van der Waals surface area contributed by atoms with Crippen molar-refractivity contribution in [2.24, 2.45) is 0 Å². The van der Waals surface area contributed by atoms with Crippen molar-refractivity contribution in [3.05, 3.63) is 76.3 Å². The number of aliphatic hydroxyl groups is 1. The van der Waals surface area contributed by atoms with Crippen LogP contribution in [0.5, 0.6) is 28.7 Å². The van der Waals surface area contributed by atoms with Crippen molar-refractivity contribution in [3.8, 4) is 28.7 Å². The molecule has 0 saturated carbocycles. The third-order valence-electron chi connectivity index (χ3n) is 6.31. The molecule has 1 saturated heterocycles. The lowest BCUT2D eigenvalue weighted by Crippen LogP contribution is -2.29. The van der Waals surface area contributed by atoms with Crippen molar-refractivity contribution in [1.82, 2.24) is 0 Å². The lowest BCUT2D eigenvalue weighted by molar-refractivity contribution is -0.132. The molecule has 1 amide bonds. The monoisotopic (exact) mass is 537 g/mol. The van der Waals surface area contributed by atoms with E-state index in [2.05, 4.69) is 0 Å². The van der Waals surface area contributed by atoms with Crippen LogP contribution in [0.2, 0.25) is 5.02 Å². The Labute approximate surface area is 223 Å². The van der Waals surface area contributed by atoms with E-state index in [0.717, 1.165) is 0 Å². The highest BCUT2D eigenvalue weighted by Crippen LogP contribution is 2.47. The fourth-order valence-electron chi connectivity index (χ4n) is 4.56. The number of hydrogen-bond donors (Lipinski definition) is 1. The average Bonchev–Trinajstić information content (AvgIpc) is 3.50. The number of halogens is 1. The number of anilines is 1. The van der Waals surface area contributed by atoms with Gasteiger partial charge in [0.25, 0.3) is 11.7 Å². The van der Waals surface area contributed by atoms with Gasteiger partial charge in [0.05, 0.1) is 37.5 Å². The minimum absolute atomic E-state index is 0.0470. The molecule has 1 atom stereocenters. The number of ether oxygens (including phenoxy) is 5. The summed E-state index contributed by atoms with van der Waals surface area (Å²) in [5, 5.41) is 11.7. The second kappa shape index (κ2) is 10.2. The fourth-order valence-corrected chi connectivity index (χ4v) is 4.77. The van der Waals surface area contributed by atoms with Crippen LogP contribution in [0, 0.1) is 0 Å². The first-order valence-corrected chi connectivity index (χ1v) is 12.1. The van der Waals surface area contributed by atoms with E-state index in [-0.39, 0.29) is 23.0 Å². The molecule has 3 aromatic rings. The van der Waals surface area contributed by atoms with Gasteiger partial charge in [0, 0.05) is 17.3 Å².